The minimum atomic E-state index is 0.529. The molecular formula is C64H45N5. The molecule has 2 heterocycles. The van der Waals surface area contributed by atoms with Gasteiger partial charge in [-0.3, -0.25) is 0 Å². The first kappa shape index (κ1) is 43.4. The van der Waals surface area contributed by atoms with Crippen LogP contribution in [0.1, 0.15) is 11.4 Å². The van der Waals surface area contributed by atoms with Gasteiger partial charge in [0, 0.05) is 27.6 Å². The second kappa shape index (κ2) is 19.9. The Bertz CT molecular complexity index is 3660. The first-order valence-electron chi connectivity index (χ1n) is 22.8. The first-order valence-corrected chi connectivity index (χ1v) is 22.8. The van der Waals surface area contributed by atoms with Crippen molar-refractivity contribution in [3.05, 3.63) is 273 Å². The van der Waals surface area contributed by atoms with E-state index in [9.17, 15) is 0 Å². The van der Waals surface area contributed by atoms with Crippen molar-refractivity contribution in [3.8, 4) is 73.0 Å². The van der Waals surface area contributed by atoms with Crippen molar-refractivity contribution in [3.63, 3.8) is 0 Å². The third kappa shape index (κ3) is 9.20. The van der Waals surface area contributed by atoms with Crippen LogP contribution in [0.3, 0.4) is 0 Å². The molecule has 10 aromatic rings. The van der Waals surface area contributed by atoms with Crippen molar-refractivity contribution in [1.82, 2.24) is 19.5 Å². The van der Waals surface area contributed by atoms with Gasteiger partial charge in [0.2, 0.25) is 0 Å². The second-order valence-corrected chi connectivity index (χ2v) is 16.4. The summed E-state index contributed by atoms with van der Waals surface area (Å²) in [6.07, 6.45) is 19.1. The molecule has 0 saturated carbocycles. The lowest BCUT2D eigenvalue weighted by Gasteiger charge is -2.21. The molecule has 5 nitrogen and oxygen atoms in total. The largest absolute Gasteiger partial charge is 0.308 e. The van der Waals surface area contributed by atoms with Crippen LogP contribution >= 0.6 is 0 Å². The Morgan fingerprint density at radius 2 is 0.884 bits per heavy atom. The summed E-state index contributed by atoms with van der Waals surface area (Å²) in [5.41, 5.74) is 14.8. The van der Waals surface area contributed by atoms with Crippen LogP contribution in [-0.2, 0) is 0 Å². The Morgan fingerprint density at radius 3 is 1.48 bits per heavy atom. The number of rotatable bonds is 13. The molecule has 326 valence electrons. The van der Waals surface area contributed by atoms with E-state index >= 15 is 0 Å². The Morgan fingerprint density at radius 1 is 0.406 bits per heavy atom. The van der Waals surface area contributed by atoms with Gasteiger partial charge in [0.25, 0.3) is 0 Å². The summed E-state index contributed by atoms with van der Waals surface area (Å²) in [5, 5.41) is 2.05. The zero-order valence-corrected chi connectivity index (χ0v) is 37.8. The van der Waals surface area contributed by atoms with E-state index in [0.717, 1.165) is 88.7 Å². The summed E-state index contributed by atoms with van der Waals surface area (Å²) >= 11 is 0. The third-order valence-corrected chi connectivity index (χ3v) is 12.0. The van der Waals surface area contributed by atoms with Gasteiger partial charge in [-0.25, -0.2) is 19.8 Å². The molecular weight excluding hydrogens is 839 g/mol. The van der Waals surface area contributed by atoms with Gasteiger partial charge in [-0.2, -0.15) is 0 Å². The van der Waals surface area contributed by atoms with E-state index in [4.69, 9.17) is 21.5 Å². The number of nitrogens with zero attached hydrogens (tertiary/aromatic N) is 5. The van der Waals surface area contributed by atoms with Gasteiger partial charge in [-0.15, -0.1) is 0 Å². The quantitative estimate of drug-likeness (QED) is 0.0856. The number of aromatic nitrogens is 4. The summed E-state index contributed by atoms with van der Waals surface area (Å²) in [4.78, 5) is 19.2. The fourth-order valence-electron chi connectivity index (χ4n) is 8.73. The summed E-state index contributed by atoms with van der Waals surface area (Å²) in [7, 11) is 0. The average Bonchev–Trinajstić information content (AvgIpc) is 3.74. The molecule has 0 saturated heterocycles. The Kier molecular flexibility index (Phi) is 12.5. The topological polar surface area (TPSA) is 48.0 Å². The van der Waals surface area contributed by atoms with E-state index in [-0.39, 0.29) is 0 Å². The highest BCUT2D eigenvalue weighted by Crippen LogP contribution is 2.45. The molecule has 0 fully saturated rings. The smallest absolute Gasteiger partial charge is 0.188 e. The summed E-state index contributed by atoms with van der Waals surface area (Å²) in [6, 6.07) is 65.5. The monoisotopic (exact) mass is 883 g/mol. The van der Waals surface area contributed by atoms with Crippen LogP contribution in [0.4, 0.5) is 5.69 Å². The molecule has 0 spiro atoms. The molecule has 0 atom stereocenters. The van der Waals surface area contributed by atoms with Gasteiger partial charge in [0.05, 0.1) is 23.3 Å². The van der Waals surface area contributed by atoms with Crippen LogP contribution in [0.15, 0.2) is 250 Å². The highest BCUT2D eigenvalue weighted by molar-refractivity contribution is 6.13. The summed E-state index contributed by atoms with van der Waals surface area (Å²) in [6.45, 7) is 15.7. The molecule has 5 heteroatoms. The SMILES string of the molecule is [C-]#[N+]c1ccc2c(c1)c1cc(-c3ccccc3)ccc1n2-c1c(-c2ccc(/C=C/C=C\C=C)cc2)cc(-c2nc(/C=C/C=C\C=C)nc(-c3ccccc3)n2)cc1-c1ccc(-c2ccccc2)cc1. The lowest BCUT2D eigenvalue weighted by atomic mass is 9.91. The molecule has 0 radical (unpaired) electrons. The highest BCUT2D eigenvalue weighted by atomic mass is 15.0. The number of hydrogen-bond acceptors (Lipinski definition) is 3. The Hall–Kier alpha value is -9.50. The molecule has 0 N–H and O–H groups in total. The maximum atomic E-state index is 8.05. The van der Waals surface area contributed by atoms with E-state index in [0.29, 0.717) is 23.2 Å². The molecule has 69 heavy (non-hydrogen) atoms. The van der Waals surface area contributed by atoms with E-state index in [1.807, 2.05) is 97.1 Å². The van der Waals surface area contributed by atoms with Crippen LogP contribution in [0.2, 0.25) is 0 Å². The molecule has 2 aromatic heterocycles. The average molecular weight is 884 g/mol. The van der Waals surface area contributed by atoms with E-state index in [1.165, 1.54) is 0 Å². The zero-order chi connectivity index (χ0) is 46.9. The predicted molar refractivity (Wildman–Crippen MR) is 290 cm³/mol. The van der Waals surface area contributed by atoms with E-state index in [1.54, 1.807) is 12.2 Å². The van der Waals surface area contributed by atoms with Crippen molar-refractivity contribution in [2.24, 2.45) is 0 Å². The first-order chi connectivity index (χ1) is 34.1. The lowest BCUT2D eigenvalue weighted by Crippen LogP contribution is -2.04. The van der Waals surface area contributed by atoms with Gasteiger partial charge in [0.1, 0.15) is 0 Å². The number of allylic oxidation sites excluding steroid dienone is 8. The lowest BCUT2D eigenvalue weighted by molar-refractivity contribution is 1.04. The van der Waals surface area contributed by atoms with Gasteiger partial charge in [-0.05, 0) is 86.8 Å². The van der Waals surface area contributed by atoms with Gasteiger partial charge in [0.15, 0.2) is 23.2 Å². The van der Waals surface area contributed by atoms with E-state index in [2.05, 4.69) is 162 Å². The number of fused-ring (bicyclic) bond motifs is 3. The third-order valence-electron chi connectivity index (χ3n) is 12.0. The standard InChI is InChI=1S/C64H45N5/c1-4-6-8-13-21-45-29-31-49(32-30-45)55-42-53(64-67-61(28-20-9-7-5-2)66-63(68-64)51-26-18-12-19-27-51)43-56(50-35-33-48(34-36-50)46-22-14-10-15-23-46)62(55)69-59-39-37-52(47-24-16-11-17-25-47)41-57(59)58-44-54(65-3)38-40-60(58)69/h4-44H,1-2H2/b8-6-,9-7-,21-13+,28-20+. The van der Waals surface area contributed by atoms with Gasteiger partial charge in [-0.1, -0.05) is 220 Å². The van der Waals surface area contributed by atoms with Crippen molar-refractivity contribution < 1.29 is 0 Å². The van der Waals surface area contributed by atoms with Crippen molar-refractivity contribution in [2.45, 2.75) is 0 Å². The zero-order valence-electron chi connectivity index (χ0n) is 37.8. The molecule has 0 aliphatic carbocycles. The Balaban J connectivity index is 1.30. The molecule has 0 bridgehead atoms. The molecule has 0 aliphatic heterocycles. The molecule has 0 aliphatic rings. The number of benzene rings is 8. The van der Waals surface area contributed by atoms with Crippen LogP contribution in [0.5, 0.6) is 0 Å². The van der Waals surface area contributed by atoms with E-state index < -0.39 is 0 Å². The van der Waals surface area contributed by atoms with Crippen LogP contribution < -0.4 is 0 Å². The van der Waals surface area contributed by atoms with Crippen LogP contribution in [0.25, 0.3) is 112 Å². The minimum absolute atomic E-state index is 0.529. The van der Waals surface area contributed by atoms with Crippen molar-refractivity contribution >= 4 is 39.6 Å². The minimum Gasteiger partial charge on any atom is -0.308 e. The maximum Gasteiger partial charge on any atom is 0.188 e. The summed E-state index contributed by atoms with van der Waals surface area (Å²) < 4.78 is 2.38. The fourth-order valence-corrected chi connectivity index (χ4v) is 8.73. The van der Waals surface area contributed by atoms with Crippen LogP contribution in [-0.4, -0.2) is 19.5 Å². The molecule has 10 rings (SSSR count). The van der Waals surface area contributed by atoms with Crippen LogP contribution in [0, 0.1) is 6.57 Å². The fraction of sp³-hybridized carbons (Fsp3) is 0. The normalized spacial score (nSPS) is 11.6. The van der Waals surface area contributed by atoms with Crippen molar-refractivity contribution in [1.29, 1.82) is 0 Å². The van der Waals surface area contributed by atoms with Crippen molar-refractivity contribution in [2.75, 3.05) is 0 Å². The van der Waals surface area contributed by atoms with Gasteiger partial charge >= 0.3 is 0 Å². The molecule has 0 amide bonds. The predicted octanol–water partition coefficient (Wildman–Crippen LogP) is 17.0. The van der Waals surface area contributed by atoms with Gasteiger partial charge < -0.3 is 4.57 Å². The molecule has 0 unspecified atom stereocenters. The second-order valence-electron chi connectivity index (χ2n) is 16.4. The highest BCUT2D eigenvalue weighted by Gasteiger charge is 2.24. The molecule has 8 aromatic carbocycles. The Labute approximate surface area is 402 Å². The number of hydrogen-bond donors (Lipinski definition) is 0. The summed E-state index contributed by atoms with van der Waals surface area (Å²) in [5.74, 6) is 1.64. The maximum absolute atomic E-state index is 8.05.